The van der Waals surface area contributed by atoms with E-state index in [0.29, 0.717) is 6.04 Å². The first-order valence-corrected chi connectivity index (χ1v) is 8.09. The summed E-state index contributed by atoms with van der Waals surface area (Å²) in [5.74, 6) is 1.95. The zero-order valence-electron chi connectivity index (χ0n) is 12.6. The molecule has 2 fully saturated rings. The van der Waals surface area contributed by atoms with E-state index < -0.39 is 0 Å². The van der Waals surface area contributed by atoms with Crippen molar-refractivity contribution in [2.75, 3.05) is 24.5 Å². The van der Waals surface area contributed by atoms with E-state index in [1.807, 2.05) is 23.8 Å². The fraction of sp³-hybridized carbons (Fsp3) is 0.625. The number of fused-ring (bicyclic) bond motifs is 1. The molecular weight excluding hydrogens is 262 g/mol. The molecule has 3 heterocycles. The summed E-state index contributed by atoms with van der Waals surface area (Å²) in [5, 5.41) is 8.13. The molecule has 0 spiro atoms. The first-order chi connectivity index (χ1) is 10.3. The van der Waals surface area contributed by atoms with Crippen molar-refractivity contribution in [3.8, 4) is 0 Å². The van der Waals surface area contributed by atoms with Crippen molar-refractivity contribution in [3.63, 3.8) is 0 Å². The molecule has 4 rings (SSSR count). The van der Waals surface area contributed by atoms with Gasteiger partial charge >= 0.3 is 0 Å². The molecule has 1 saturated carbocycles. The minimum Gasteiger partial charge on any atom is -0.353 e. The first kappa shape index (κ1) is 13.1. The van der Waals surface area contributed by atoms with Crippen LogP contribution < -0.4 is 10.2 Å². The second kappa shape index (κ2) is 5.30. The Bertz CT molecular complexity index is 625. The van der Waals surface area contributed by atoms with Gasteiger partial charge in [0.05, 0.1) is 5.69 Å². The SMILES string of the molecule is Cc1cc2c(N(CC3CC3)CC3CCCN3)nccn2n1. The average molecular weight is 285 g/mol. The fourth-order valence-corrected chi connectivity index (χ4v) is 3.31. The molecular formula is C16H23N5. The molecule has 0 aromatic carbocycles. The van der Waals surface area contributed by atoms with Crippen LogP contribution in [0.15, 0.2) is 18.5 Å². The Morgan fingerprint density at radius 2 is 2.24 bits per heavy atom. The van der Waals surface area contributed by atoms with Gasteiger partial charge in [-0.05, 0) is 51.1 Å². The fourth-order valence-electron chi connectivity index (χ4n) is 3.31. The van der Waals surface area contributed by atoms with E-state index in [9.17, 15) is 0 Å². The predicted molar refractivity (Wildman–Crippen MR) is 83.7 cm³/mol. The van der Waals surface area contributed by atoms with Crippen molar-refractivity contribution in [1.82, 2.24) is 19.9 Å². The molecule has 1 atom stereocenters. The van der Waals surface area contributed by atoms with Crippen molar-refractivity contribution >= 4 is 11.3 Å². The zero-order valence-corrected chi connectivity index (χ0v) is 12.6. The number of rotatable bonds is 5. The molecule has 5 heteroatoms. The summed E-state index contributed by atoms with van der Waals surface area (Å²) in [4.78, 5) is 7.16. The molecule has 2 aromatic rings. The lowest BCUT2D eigenvalue weighted by atomic mass is 10.2. The molecule has 0 radical (unpaired) electrons. The smallest absolute Gasteiger partial charge is 0.154 e. The Hall–Kier alpha value is -1.62. The van der Waals surface area contributed by atoms with Gasteiger partial charge in [0.25, 0.3) is 0 Å². The highest BCUT2D eigenvalue weighted by molar-refractivity contribution is 5.69. The van der Waals surface area contributed by atoms with Gasteiger partial charge in [0.1, 0.15) is 5.52 Å². The topological polar surface area (TPSA) is 45.5 Å². The molecule has 1 saturated heterocycles. The number of nitrogens with zero attached hydrogens (tertiary/aromatic N) is 4. The Labute approximate surface area is 125 Å². The molecule has 2 aliphatic rings. The van der Waals surface area contributed by atoms with Crippen molar-refractivity contribution in [1.29, 1.82) is 0 Å². The average Bonchev–Trinajstić information content (AvgIpc) is 2.98. The summed E-state index contributed by atoms with van der Waals surface area (Å²) >= 11 is 0. The highest BCUT2D eigenvalue weighted by Crippen LogP contribution is 2.32. The van der Waals surface area contributed by atoms with Crippen LogP contribution in [0.5, 0.6) is 0 Å². The van der Waals surface area contributed by atoms with Gasteiger partial charge in [-0.15, -0.1) is 0 Å². The Balaban J connectivity index is 1.65. The molecule has 21 heavy (non-hydrogen) atoms. The standard InChI is InChI=1S/C16H23N5/c1-12-9-15-16(18-7-8-21(15)19-12)20(10-13-4-5-13)11-14-3-2-6-17-14/h7-9,13-14,17H,2-6,10-11H2,1H3. The van der Waals surface area contributed by atoms with Crippen LogP contribution in [-0.2, 0) is 0 Å². The van der Waals surface area contributed by atoms with Gasteiger partial charge in [0.15, 0.2) is 5.82 Å². The minimum absolute atomic E-state index is 0.606. The highest BCUT2D eigenvalue weighted by atomic mass is 15.3. The lowest BCUT2D eigenvalue weighted by Gasteiger charge is -2.27. The van der Waals surface area contributed by atoms with Crippen LogP contribution in [-0.4, -0.2) is 40.3 Å². The van der Waals surface area contributed by atoms with Crippen molar-refractivity contribution < 1.29 is 0 Å². The van der Waals surface area contributed by atoms with Crippen LogP contribution in [0.1, 0.15) is 31.4 Å². The van der Waals surface area contributed by atoms with Crippen LogP contribution >= 0.6 is 0 Å². The monoisotopic (exact) mass is 285 g/mol. The molecule has 112 valence electrons. The number of aryl methyl sites for hydroxylation is 1. The van der Waals surface area contributed by atoms with Crippen LogP contribution in [0.4, 0.5) is 5.82 Å². The van der Waals surface area contributed by atoms with E-state index >= 15 is 0 Å². The molecule has 1 aliphatic carbocycles. The van der Waals surface area contributed by atoms with Crippen molar-refractivity contribution in [2.24, 2.45) is 5.92 Å². The van der Waals surface area contributed by atoms with Crippen molar-refractivity contribution in [3.05, 3.63) is 24.2 Å². The van der Waals surface area contributed by atoms with Crippen LogP contribution in [0, 0.1) is 12.8 Å². The number of anilines is 1. The van der Waals surface area contributed by atoms with Crippen molar-refractivity contribution in [2.45, 2.75) is 38.6 Å². The largest absolute Gasteiger partial charge is 0.353 e. The number of hydrogen-bond acceptors (Lipinski definition) is 4. The quantitative estimate of drug-likeness (QED) is 0.913. The molecule has 1 N–H and O–H groups in total. The number of aromatic nitrogens is 3. The van der Waals surface area contributed by atoms with E-state index in [1.54, 1.807) is 0 Å². The first-order valence-electron chi connectivity index (χ1n) is 8.09. The lowest BCUT2D eigenvalue weighted by molar-refractivity contribution is 0.567. The highest BCUT2D eigenvalue weighted by Gasteiger charge is 2.28. The van der Waals surface area contributed by atoms with E-state index in [1.165, 1.54) is 25.7 Å². The van der Waals surface area contributed by atoms with Crippen LogP contribution in [0.3, 0.4) is 0 Å². The van der Waals surface area contributed by atoms with E-state index in [-0.39, 0.29) is 0 Å². The van der Waals surface area contributed by atoms with E-state index in [4.69, 9.17) is 0 Å². The summed E-state index contributed by atoms with van der Waals surface area (Å²) in [7, 11) is 0. The van der Waals surface area contributed by atoms with Gasteiger partial charge < -0.3 is 10.2 Å². The summed E-state index contributed by atoms with van der Waals surface area (Å²) < 4.78 is 1.96. The van der Waals surface area contributed by atoms with E-state index in [0.717, 1.165) is 42.6 Å². The molecule has 0 amide bonds. The number of nitrogens with one attached hydrogen (secondary N) is 1. The normalized spacial score (nSPS) is 22.0. The van der Waals surface area contributed by atoms with Gasteiger partial charge in [-0.2, -0.15) is 5.10 Å². The summed E-state index contributed by atoms with van der Waals surface area (Å²) in [6.45, 7) is 5.40. The Kier molecular flexibility index (Phi) is 3.30. The second-order valence-corrected chi connectivity index (χ2v) is 6.51. The molecule has 2 aromatic heterocycles. The van der Waals surface area contributed by atoms with Gasteiger partial charge in [-0.1, -0.05) is 0 Å². The Morgan fingerprint density at radius 1 is 1.33 bits per heavy atom. The van der Waals surface area contributed by atoms with Gasteiger partial charge in [-0.25, -0.2) is 9.50 Å². The Morgan fingerprint density at radius 3 is 3.00 bits per heavy atom. The maximum atomic E-state index is 4.68. The third-order valence-corrected chi connectivity index (χ3v) is 4.57. The van der Waals surface area contributed by atoms with Crippen LogP contribution in [0.25, 0.3) is 5.52 Å². The summed E-state index contributed by atoms with van der Waals surface area (Å²) in [5.41, 5.74) is 2.18. The maximum absolute atomic E-state index is 4.68. The van der Waals surface area contributed by atoms with Gasteiger partial charge in [0, 0.05) is 31.5 Å². The molecule has 5 nitrogen and oxygen atoms in total. The summed E-state index contributed by atoms with van der Waals surface area (Å²) in [6, 6.07) is 2.75. The minimum atomic E-state index is 0.606. The third-order valence-electron chi connectivity index (χ3n) is 4.57. The molecule has 1 aliphatic heterocycles. The number of hydrogen-bond donors (Lipinski definition) is 1. The molecule has 0 bridgehead atoms. The third kappa shape index (κ3) is 2.75. The summed E-state index contributed by atoms with van der Waals surface area (Å²) in [6.07, 6.45) is 9.13. The zero-order chi connectivity index (χ0) is 14.2. The predicted octanol–water partition coefficient (Wildman–Crippen LogP) is 2.01. The maximum Gasteiger partial charge on any atom is 0.154 e. The van der Waals surface area contributed by atoms with Gasteiger partial charge in [0.2, 0.25) is 0 Å². The second-order valence-electron chi connectivity index (χ2n) is 6.51. The van der Waals surface area contributed by atoms with E-state index in [2.05, 4.69) is 26.4 Å². The molecule has 1 unspecified atom stereocenters. The van der Waals surface area contributed by atoms with Gasteiger partial charge in [-0.3, -0.25) is 0 Å². The lowest BCUT2D eigenvalue weighted by Crippen LogP contribution is -2.39. The van der Waals surface area contributed by atoms with Crippen LogP contribution in [0.2, 0.25) is 0 Å².